The van der Waals surface area contributed by atoms with Crippen molar-refractivity contribution in [2.45, 2.75) is 20.8 Å². The van der Waals surface area contributed by atoms with Crippen molar-refractivity contribution in [1.29, 1.82) is 0 Å². The quantitative estimate of drug-likeness (QED) is 0.461. The molecule has 0 saturated carbocycles. The number of hydrogen-bond donors (Lipinski definition) is 0. The molecule has 0 unspecified atom stereocenters. The monoisotopic (exact) mass is 169 g/mol. The first-order valence-electron chi connectivity index (χ1n) is 2.89. The molecule has 0 heterocycles. The molecule has 0 N–H and O–H groups in total. The molecule has 5 heteroatoms. The van der Waals surface area contributed by atoms with Gasteiger partial charge in [0.15, 0.2) is 0 Å². The molecular weight excluding hydrogens is 159 g/mol. The largest absolute Gasteiger partial charge is 0.529 e. The van der Waals surface area contributed by atoms with Crippen molar-refractivity contribution in [2.24, 2.45) is 10.7 Å². The molecule has 0 aliphatic heterocycles. The third kappa shape index (κ3) is 4.62. The molecule has 0 radical (unpaired) electrons. The minimum absolute atomic E-state index is 0.0696. The van der Waals surface area contributed by atoms with Crippen LogP contribution in [0.4, 0.5) is 8.39 Å². The Morgan fingerprint density at radius 1 is 1.50 bits per heavy atom. The lowest BCUT2D eigenvalue weighted by atomic mass is 10.1. The molecule has 0 aliphatic rings. The van der Waals surface area contributed by atoms with Crippen LogP contribution in [-0.4, -0.2) is 5.71 Å². The van der Waals surface area contributed by atoms with E-state index >= 15 is 0 Å². The minimum Gasteiger partial charge on any atom is -0.224 e. The van der Waals surface area contributed by atoms with Crippen LogP contribution in [0.15, 0.2) is 4.76 Å². The highest BCUT2D eigenvalue weighted by Gasteiger charge is 2.17. The number of nitrogens with zero attached hydrogens (tertiary/aromatic N) is 1. The van der Waals surface area contributed by atoms with Crippen LogP contribution in [0.5, 0.6) is 0 Å². The van der Waals surface area contributed by atoms with Crippen LogP contribution in [0.3, 0.4) is 0 Å². The SMILES string of the molecule is C/C(=N/P(=O)(F)F)C(C)C. The maximum atomic E-state index is 11.7. The Kier molecular flexibility index (Phi) is 3.16. The molecule has 2 nitrogen and oxygen atoms in total. The average Bonchev–Trinajstić information content (AvgIpc) is 1.60. The smallest absolute Gasteiger partial charge is 0.224 e. The Bertz CT molecular complexity index is 184. The highest BCUT2D eigenvalue weighted by molar-refractivity contribution is 7.51. The van der Waals surface area contributed by atoms with E-state index in [-0.39, 0.29) is 11.6 Å². The van der Waals surface area contributed by atoms with E-state index in [0.717, 1.165) is 0 Å². The predicted octanol–water partition coefficient (Wildman–Crippen LogP) is 3.15. The zero-order valence-electron chi connectivity index (χ0n) is 6.14. The van der Waals surface area contributed by atoms with E-state index < -0.39 is 7.91 Å². The van der Waals surface area contributed by atoms with Gasteiger partial charge in [-0.3, -0.25) is 0 Å². The maximum absolute atomic E-state index is 11.7. The van der Waals surface area contributed by atoms with E-state index in [2.05, 4.69) is 4.76 Å². The molecule has 60 valence electrons. The van der Waals surface area contributed by atoms with Crippen LogP contribution in [-0.2, 0) is 4.57 Å². The second-order valence-electron chi connectivity index (χ2n) is 2.33. The zero-order chi connectivity index (χ0) is 8.36. The van der Waals surface area contributed by atoms with Gasteiger partial charge in [-0.2, -0.15) is 4.76 Å². The first kappa shape index (κ1) is 9.76. The van der Waals surface area contributed by atoms with Gasteiger partial charge in [0, 0.05) is 5.71 Å². The van der Waals surface area contributed by atoms with Gasteiger partial charge >= 0.3 is 7.91 Å². The minimum atomic E-state index is -5.19. The molecular formula is C5H10F2NOP. The highest BCUT2D eigenvalue weighted by atomic mass is 31.2. The van der Waals surface area contributed by atoms with Gasteiger partial charge in [-0.25, -0.2) is 4.57 Å². The average molecular weight is 169 g/mol. The van der Waals surface area contributed by atoms with Gasteiger partial charge in [-0.15, -0.1) is 8.39 Å². The predicted molar refractivity (Wildman–Crippen MR) is 37.8 cm³/mol. The summed E-state index contributed by atoms with van der Waals surface area (Å²) in [5.74, 6) is -0.0696. The summed E-state index contributed by atoms with van der Waals surface area (Å²) in [7, 11) is -5.19. The molecule has 0 saturated heterocycles. The molecule has 0 aromatic heterocycles. The summed E-state index contributed by atoms with van der Waals surface area (Å²) in [6.07, 6.45) is 0. The van der Waals surface area contributed by atoms with Crippen molar-refractivity contribution in [3.63, 3.8) is 0 Å². The number of hydrogen-bond acceptors (Lipinski definition) is 1. The topological polar surface area (TPSA) is 29.4 Å². The first-order chi connectivity index (χ1) is 4.33. The van der Waals surface area contributed by atoms with Gasteiger partial charge in [0.05, 0.1) is 0 Å². The van der Waals surface area contributed by atoms with Crippen LogP contribution in [0, 0.1) is 5.92 Å². The molecule has 0 fully saturated rings. The molecule has 0 aromatic rings. The molecule has 0 aliphatic carbocycles. The van der Waals surface area contributed by atoms with Crippen molar-refractivity contribution in [1.82, 2.24) is 0 Å². The molecule has 0 atom stereocenters. The third-order valence-corrected chi connectivity index (χ3v) is 1.66. The van der Waals surface area contributed by atoms with Crippen molar-refractivity contribution >= 4 is 13.6 Å². The molecule has 0 aromatic carbocycles. The van der Waals surface area contributed by atoms with Crippen molar-refractivity contribution in [3.05, 3.63) is 0 Å². The fourth-order valence-corrected chi connectivity index (χ4v) is 0.897. The van der Waals surface area contributed by atoms with E-state index in [0.29, 0.717) is 0 Å². The van der Waals surface area contributed by atoms with Crippen molar-refractivity contribution < 1.29 is 13.0 Å². The lowest BCUT2D eigenvalue weighted by molar-refractivity contribution is 0.496. The van der Waals surface area contributed by atoms with E-state index in [9.17, 15) is 13.0 Å². The summed E-state index contributed by atoms with van der Waals surface area (Å²) in [6, 6.07) is 0. The lowest BCUT2D eigenvalue weighted by Gasteiger charge is -2.01. The summed E-state index contributed by atoms with van der Waals surface area (Å²) < 4.78 is 36.0. The van der Waals surface area contributed by atoms with Crippen LogP contribution in [0.25, 0.3) is 0 Å². The Balaban J connectivity index is 4.33. The van der Waals surface area contributed by atoms with Crippen LogP contribution in [0.2, 0.25) is 0 Å². The standard InChI is InChI=1S/C5H10F2NOP/c1-4(2)5(3)8-10(6,7)9/h4H,1-3H3/b8-5-. The Morgan fingerprint density at radius 3 is 2.00 bits per heavy atom. The normalized spacial score (nSPS) is 14.4. The van der Waals surface area contributed by atoms with Crippen molar-refractivity contribution in [3.8, 4) is 0 Å². The fraction of sp³-hybridized carbons (Fsp3) is 0.800. The summed E-state index contributed by atoms with van der Waals surface area (Å²) in [5, 5.41) is 0. The van der Waals surface area contributed by atoms with Gasteiger partial charge in [-0.1, -0.05) is 13.8 Å². The van der Waals surface area contributed by atoms with E-state index in [1.54, 1.807) is 13.8 Å². The van der Waals surface area contributed by atoms with Crippen molar-refractivity contribution in [2.75, 3.05) is 0 Å². The number of rotatable bonds is 2. The Labute approximate surface area is 59.0 Å². The summed E-state index contributed by atoms with van der Waals surface area (Å²) in [5.41, 5.74) is 0.230. The highest BCUT2D eigenvalue weighted by Crippen LogP contribution is 2.51. The van der Waals surface area contributed by atoms with Gasteiger partial charge in [0.2, 0.25) is 0 Å². The molecule has 0 bridgehead atoms. The summed E-state index contributed by atoms with van der Waals surface area (Å²) >= 11 is 0. The molecule has 0 amide bonds. The van der Waals surface area contributed by atoms with Gasteiger partial charge < -0.3 is 0 Å². The Hall–Kier alpha value is -0.240. The zero-order valence-corrected chi connectivity index (χ0v) is 7.03. The van der Waals surface area contributed by atoms with Crippen LogP contribution in [0.1, 0.15) is 20.8 Å². The van der Waals surface area contributed by atoms with E-state index in [1.807, 2.05) is 0 Å². The molecule has 0 rings (SSSR count). The summed E-state index contributed by atoms with van der Waals surface area (Å²) in [4.78, 5) is 0. The lowest BCUT2D eigenvalue weighted by Crippen LogP contribution is -2.00. The summed E-state index contributed by atoms with van der Waals surface area (Å²) in [6.45, 7) is 4.87. The van der Waals surface area contributed by atoms with E-state index in [4.69, 9.17) is 0 Å². The maximum Gasteiger partial charge on any atom is 0.529 e. The second kappa shape index (κ2) is 3.24. The number of halogens is 2. The molecule has 0 spiro atoms. The van der Waals surface area contributed by atoms with Crippen LogP contribution >= 0.6 is 7.91 Å². The van der Waals surface area contributed by atoms with Crippen LogP contribution < -0.4 is 0 Å². The first-order valence-corrected chi connectivity index (χ1v) is 4.33. The third-order valence-electron chi connectivity index (χ3n) is 1.11. The Morgan fingerprint density at radius 2 is 1.90 bits per heavy atom. The van der Waals surface area contributed by atoms with Gasteiger partial charge in [0.25, 0.3) is 0 Å². The molecule has 10 heavy (non-hydrogen) atoms. The van der Waals surface area contributed by atoms with Gasteiger partial charge in [0.1, 0.15) is 0 Å². The fourth-order valence-electron chi connectivity index (χ4n) is 0.299. The second-order valence-corrected chi connectivity index (χ2v) is 3.40. The van der Waals surface area contributed by atoms with E-state index in [1.165, 1.54) is 6.92 Å². The van der Waals surface area contributed by atoms with Gasteiger partial charge in [-0.05, 0) is 12.8 Å².